The molecule has 2 N–H and O–H groups in total. The Morgan fingerprint density at radius 3 is 2.57 bits per heavy atom. The molecule has 0 atom stereocenters. The molecular weight excluding hydrogens is 315 g/mol. The molecule has 0 bridgehead atoms. The lowest BCUT2D eigenvalue weighted by atomic mass is 10.3. The lowest BCUT2D eigenvalue weighted by Gasteiger charge is -2.13. The Morgan fingerprint density at radius 2 is 1.86 bits per heavy atom. The summed E-state index contributed by atoms with van der Waals surface area (Å²) in [7, 11) is -3.87. The lowest BCUT2D eigenvalue weighted by molar-refractivity contribution is 0.601. The average molecular weight is 329 g/mol. The van der Waals surface area contributed by atoms with E-state index < -0.39 is 15.8 Å². The first kappa shape index (κ1) is 15.6. The minimum absolute atomic E-state index is 0.00275. The van der Waals surface area contributed by atoms with Gasteiger partial charge in [0.15, 0.2) is 0 Å². The van der Waals surface area contributed by atoms with E-state index in [9.17, 15) is 12.8 Å². The zero-order valence-corrected chi connectivity index (χ0v) is 12.8. The van der Waals surface area contributed by atoms with Gasteiger partial charge < -0.3 is 5.32 Å². The Kier molecular flexibility index (Phi) is 4.69. The van der Waals surface area contributed by atoms with E-state index in [2.05, 4.69) is 10.0 Å². The van der Waals surface area contributed by atoms with E-state index in [4.69, 9.17) is 11.6 Å². The van der Waals surface area contributed by atoms with Gasteiger partial charge in [0.05, 0.1) is 16.4 Å². The van der Waals surface area contributed by atoms with Crippen molar-refractivity contribution in [3.63, 3.8) is 0 Å². The highest BCUT2D eigenvalue weighted by Crippen LogP contribution is 2.28. The standard InChI is InChI=1S/C14H14ClFN2O2S/c1-2-17-12-5-3-4-6-14(12)21(19,20)18-13-9-10(16)7-8-11(13)15/h3-9,17-18H,2H2,1H3. The summed E-state index contributed by atoms with van der Waals surface area (Å²) in [6.07, 6.45) is 0. The number of hydrogen-bond acceptors (Lipinski definition) is 3. The van der Waals surface area contributed by atoms with Crippen LogP contribution in [0.1, 0.15) is 6.92 Å². The Bertz CT molecular complexity index is 750. The van der Waals surface area contributed by atoms with Gasteiger partial charge in [-0.3, -0.25) is 4.72 Å². The Hall–Kier alpha value is -1.79. The molecule has 4 nitrogen and oxygen atoms in total. The van der Waals surface area contributed by atoms with E-state index in [1.807, 2.05) is 6.92 Å². The molecule has 2 aromatic carbocycles. The first-order chi connectivity index (χ1) is 9.94. The van der Waals surface area contributed by atoms with Gasteiger partial charge in [-0.05, 0) is 37.3 Å². The maximum absolute atomic E-state index is 13.2. The molecular formula is C14H14ClFN2O2S. The summed E-state index contributed by atoms with van der Waals surface area (Å²) in [6.45, 7) is 2.44. The highest BCUT2D eigenvalue weighted by molar-refractivity contribution is 7.92. The smallest absolute Gasteiger partial charge is 0.264 e. The van der Waals surface area contributed by atoms with Crippen molar-refractivity contribution in [1.29, 1.82) is 0 Å². The van der Waals surface area contributed by atoms with Gasteiger partial charge in [-0.25, -0.2) is 12.8 Å². The van der Waals surface area contributed by atoms with Gasteiger partial charge >= 0.3 is 0 Å². The van der Waals surface area contributed by atoms with Gasteiger partial charge in [-0.2, -0.15) is 0 Å². The minimum atomic E-state index is -3.87. The van der Waals surface area contributed by atoms with Crippen molar-refractivity contribution in [3.05, 3.63) is 53.3 Å². The zero-order valence-electron chi connectivity index (χ0n) is 11.2. The first-order valence-electron chi connectivity index (χ1n) is 6.25. The summed E-state index contributed by atoms with van der Waals surface area (Å²) >= 11 is 5.88. The number of benzene rings is 2. The third kappa shape index (κ3) is 3.65. The molecule has 0 saturated carbocycles. The van der Waals surface area contributed by atoms with Crippen LogP contribution in [-0.2, 0) is 10.0 Å². The van der Waals surface area contributed by atoms with E-state index in [1.165, 1.54) is 12.1 Å². The molecule has 0 aliphatic rings. The van der Waals surface area contributed by atoms with E-state index in [1.54, 1.807) is 18.2 Å². The third-order valence-corrected chi connectivity index (χ3v) is 4.47. The highest BCUT2D eigenvalue weighted by Gasteiger charge is 2.19. The van der Waals surface area contributed by atoms with Crippen LogP contribution in [0.3, 0.4) is 0 Å². The monoisotopic (exact) mass is 328 g/mol. The number of halogens is 2. The summed E-state index contributed by atoms with van der Waals surface area (Å²) in [5.74, 6) is -0.572. The van der Waals surface area contributed by atoms with Crippen LogP contribution < -0.4 is 10.0 Å². The maximum Gasteiger partial charge on any atom is 0.264 e. The number of para-hydroxylation sites is 1. The maximum atomic E-state index is 13.2. The lowest BCUT2D eigenvalue weighted by Crippen LogP contribution is -2.15. The summed E-state index contributed by atoms with van der Waals surface area (Å²) in [5.41, 5.74) is 0.475. The Labute approximate surface area is 128 Å². The predicted molar refractivity (Wildman–Crippen MR) is 82.8 cm³/mol. The van der Waals surface area contributed by atoms with Crippen LogP contribution in [0.5, 0.6) is 0 Å². The molecule has 0 unspecified atom stereocenters. The van der Waals surface area contributed by atoms with Crippen molar-refractivity contribution in [2.24, 2.45) is 0 Å². The molecule has 7 heteroatoms. The van der Waals surface area contributed by atoms with Crippen molar-refractivity contribution in [1.82, 2.24) is 0 Å². The normalized spacial score (nSPS) is 11.2. The summed E-state index contributed by atoms with van der Waals surface area (Å²) in [4.78, 5) is 0.0761. The summed E-state index contributed by atoms with van der Waals surface area (Å²) in [6, 6.07) is 9.96. The van der Waals surface area contributed by atoms with Crippen LogP contribution in [0, 0.1) is 5.82 Å². The van der Waals surface area contributed by atoms with Crippen molar-refractivity contribution >= 4 is 33.0 Å². The SMILES string of the molecule is CCNc1ccccc1S(=O)(=O)Nc1cc(F)ccc1Cl. The average Bonchev–Trinajstić information content (AvgIpc) is 2.43. The minimum Gasteiger partial charge on any atom is -0.384 e. The van der Waals surface area contributed by atoms with Crippen LogP contribution in [0.15, 0.2) is 47.4 Å². The van der Waals surface area contributed by atoms with Crippen molar-refractivity contribution in [2.45, 2.75) is 11.8 Å². The Morgan fingerprint density at radius 1 is 1.14 bits per heavy atom. The van der Waals surface area contributed by atoms with Crippen LogP contribution in [0.2, 0.25) is 5.02 Å². The largest absolute Gasteiger partial charge is 0.384 e. The van der Waals surface area contributed by atoms with Gasteiger partial charge in [0.2, 0.25) is 0 Å². The van der Waals surface area contributed by atoms with Crippen LogP contribution in [-0.4, -0.2) is 15.0 Å². The van der Waals surface area contributed by atoms with E-state index in [0.29, 0.717) is 12.2 Å². The molecule has 0 aliphatic carbocycles. The topological polar surface area (TPSA) is 58.2 Å². The van der Waals surface area contributed by atoms with Gasteiger partial charge in [-0.15, -0.1) is 0 Å². The second-order valence-electron chi connectivity index (χ2n) is 4.26. The van der Waals surface area contributed by atoms with E-state index >= 15 is 0 Å². The van der Waals surface area contributed by atoms with Crippen molar-refractivity contribution < 1.29 is 12.8 Å². The first-order valence-corrected chi connectivity index (χ1v) is 8.11. The Balaban J connectivity index is 2.41. The molecule has 0 aliphatic heterocycles. The number of anilines is 2. The summed E-state index contributed by atoms with van der Waals surface area (Å²) < 4.78 is 40.4. The second kappa shape index (κ2) is 6.32. The number of nitrogens with one attached hydrogen (secondary N) is 2. The van der Waals surface area contributed by atoms with Gasteiger partial charge in [0.25, 0.3) is 10.0 Å². The molecule has 2 aromatic rings. The van der Waals surface area contributed by atoms with Crippen molar-refractivity contribution in [2.75, 3.05) is 16.6 Å². The zero-order chi connectivity index (χ0) is 15.5. The van der Waals surface area contributed by atoms with Crippen LogP contribution >= 0.6 is 11.6 Å². The molecule has 0 aromatic heterocycles. The second-order valence-corrected chi connectivity index (χ2v) is 6.31. The number of hydrogen-bond donors (Lipinski definition) is 2. The molecule has 2 rings (SSSR count). The van der Waals surface area contributed by atoms with Gasteiger partial charge in [-0.1, -0.05) is 23.7 Å². The molecule has 0 spiro atoms. The highest BCUT2D eigenvalue weighted by atomic mass is 35.5. The van der Waals surface area contributed by atoms with Crippen LogP contribution in [0.25, 0.3) is 0 Å². The predicted octanol–water partition coefficient (Wildman–Crippen LogP) is 3.71. The summed E-state index contributed by atoms with van der Waals surface area (Å²) in [5, 5.41) is 3.09. The van der Waals surface area contributed by atoms with Gasteiger partial charge in [0.1, 0.15) is 10.7 Å². The fourth-order valence-corrected chi connectivity index (χ4v) is 3.29. The van der Waals surface area contributed by atoms with Crippen molar-refractivity contribution in [3.8, 4) is 0 Å². The fourth-order valence-electron chi connectivity index (χ4n) is 1.81. The molecule has 0 saturated heterocycles. The molecule has 0 amide bonds. The molecule has 112 valence electrons. The molecule has 0 radical (unpaired) electrons. The molecule has 0 fully saturated rings. The van der Waals surface area contributed by atoms with E-state index in [-0.39, 0.29) is 15.6 Å². The molecule has 21 heavy (non-hydrogen) atoms. The number of sulfonamides is 1. The van der Waals surface area contributed by atoms with Gasteiger partial charge in [0, 0.05) is 6.54 Å². The van der Waals surface area contributed by atoms with Crippen LogP contribution in [0.4, 0.5) is 15.8 Å². The molecule has 0 heterocycles. The fraction of sp³-hybridized carbons (Fsp3) is 0.143. The number of rotatable bonds is 5. The quantitative estimate of drug-likeness (QED) is 0.879. The van der Waals surface area contributed by atoms with E-state index in [0.717, 1.165) is 12.1 Å². The third-order valence-electron chi connectivity index (χ3n) is 2.72.